The standard InChI is InChI=1S/C17H33N3O/c1-5-7-8-9-10-11-12-15(18-3)17-16(21-4)14-19-20(17)13-6-2/h14-15,18H,5-13H2,1-4H3. The van der Waals surface area contributed by atoms with Crippen molar-refractivity contribution in [1.29, 1.82) is 0 Å². The van der Waals surface area contributed by atoms with Crippen LogP contribution in [0.2, 0.25) is 0 Å². The molecule has 0 spiro atoms. The van der Waals surface area contributed by atoms with Crippen LogP contribution in [0.15, 0.2) is 6.20 Å². The van der Waals surface area contributed by atoms with Gasteiger partial charge in [-0.1, -0.05) is 52.4 Å². The van der Waals surface area contributed by atoms with Crippen molar-refractivity contribution in [3.8, 4) is 5.75 Å². The highest BCUT2D eigenvalue weighted by Gasteiger charge is 2.20. The lowest BCUT2D eigenvalue weighted by atomic mass is 10.0. The summed E-state index contributed by atoms with van der Waals surface area (Å²) in [6.45, 7) is 5.39. The molecule has 1 N–H and O–H groups in total. The fourth-order valence-electron chi connectivity index (χ4n) is 2.82. The molecule has 4 nitrogen and oxygen atoms in total. The smallest absolute Gasteiger partial charge is 0.161 e. The maximum absolute atomic E-state index is 5.49. The summed E-state index contributed by atoms with van der Waals surface area (Å²) < 4.78 is 7.59. The largest absolute Gasteiger partial charge is 0.493 e. The zero-order chi connectivity index (χ0) is 15.5. The molecule has 0 amide bonds. The van der Waals surface area contributed by atoms with E-state index in [0.29, 0.717) is 6.04 Å². The molecule has 1 aromatic rings. The number of hydrogen-bond donors (Lipinski definition) is 1. The first-order chi connectivity index (χ1) is 10.3. The van der Waals surface area contributed by atoms with Crippen LogP contribution >= 0.6 is 0 Å². The lowest BCUT2D eigenvalue weighted by molar-refractivity contribution is 0.385. The second kappa shape index (κ2) is 10.7. The number of nitrogens with zero attached hydrogens (tertiary/aromatic N) is 2. The number of ether oxygens (including phenoxy) is 1. The topological polar surface area (TPSA) is 39.1 Å². The van der Waals surface area contributed by atoms with Crippen LogP contribution in [0.25, 0.3) is 0 Å². The van der Waals surface area contributed by atoms with Crippen molar-refractivity contribution in [2.24, 2.45) is 0 Å². The summed E-state index contributed by atoms with van der Waals surface area (Å²) in [5.74, 6) is 0.911. The van der Waals surface area contributed by atoms with Gasteiger partial charge in [-0.2, -0.15) is 5.10 Å². The van der Waals surface area contributed by atoms with Crippen molar-refractivity contribution in [3.63, 3.8) is 0 Å². The van der Waals surface area contributed by atoms with Gasteiger partial charge in [0.2, 0.25) is 0 Å². The molecule has 0 aliphatic heterocycles. The molecule has 122 valence electrons. The van der Waals surface area contributed by atoms with Crippen LogP contribution in [0, 0.1) is 0 Å². The van der Waals surface area contributed by atoms with Gasteiger partial charge in [0.05, 0.1) is 25.0 Å². The lowest BCUT2D eigenvalue weighted by Crippen LogP contribution is -2.21. The van der Waals surface area contributed by atoms with E-state index in [1.807, 2.05) is 13.2 Å². The van der Waals surface area contributed by atoms with Crippen LogP contribution in [0.1, 0.15) is 76.9 Å². The number of aromatic nitrogens is 2. The van der Waals surface area contributed by atoms with E-state index >= 15 is 0 Å². The van der Waals surface area contributed by atoms with Crippen molar-refractivity contribution in [1.82, 2.24) is 15.1 Å². The molecule has 0 aliphatic rings. The zero-order valence-electron chi connectivity index (χ0n) is 14.3. The fraction of sp³-hybridized carbons (Fsp3) is 0.824. The molecule has 0 fully saturated rings. The van der Waals surface area contributed by atoms with Gasteiger partial charge < -0.3 is 10.1 Å². The third-order valence-corrected chi connectivity index (χ3v) is 4.03. The van der Waals surface area contributed by atoms with Crippen LogP contribution in [0.5, 0.6) is 5.75 Å². The van der Waals surface area contributed by atoms with Crippen molar-refractivity contribution >= 4 is 0 Å². The summed E-state index contributed by atoms with van der Waals surface area (Å²) >= 11 is 0. The van der Waals surface area contributed by atoms with Crippen LogP contribution in [-0.4, -0.2) is 23.9 Å². The molecule has 0 aromatic carbocycles. The number of rotatable bonds is 12. The third-order valence-electron chi connectivity index (χ3n) is 4.03. The fourth-order valence-corrected chi connectivity index (χ4v) is 2.82. The summed E-state index contributed by atoms with van der Waals surface area (Å²) in [6.07, 6.45) is 12.1. The summed E-state index contributed by atoms with van der Waals surface area (Å²) in [6, 6.07) is 0.333. The number of unbranched alkanes of at least 4 members (excludes halogenated alkanes) is 5. The molecule has 0 aliphatic carbocycles. The molecule has 1 unspecified atom stereocenters. The second-order valence-corrected chi connectivity index (χ2v) is 5.72. The van der Waals surface area contributed by atoms with E-state index in [2.05, 4.69) is 28.9 Å². The number of methoxy groups -OCH3 is 1. The van der Waals surface area contributed by atoms with Gasteiger partial charge in [0.15, 0.2) is 5.75 Å². The van der Waals surface area contributed by atoms with E-state index in [0.717, 1.165) is 25.1 Å². The van der Waals surface area contributed by atoms with E-state index in [4.69, 9.17) is 4.74 Å². The Balaban J connectivity index is 2.56. The summed E-state index contributed by atoms with van der Waals surface area (Å²) in [5, 5.41) is 7.91. The normalized spacial score (nSPS) is 12.6. The molecule has 21 heavy (non-hydrogen) atoms. The third kappa shape index (κ3) is 5.70. The number of hydrogen-bond acceptors (Lipinski definition) is 3. The van der Waals surface area contributed by atoms with E-state index in [1.165, 1.54) is 44.2 Å². The van der Waals surface area contributed by atoms with Crippen molar-refractivity contribution in [2.45, 2.75) is 77.8 Å². The Morgan fingerprint density at radius 1 is 1.14 bits per heavy atom. The van der Waals surface area contributed by atoms with Gasteiger partial charge in [0.1, 0.15) is 0 Å². The summed E-state index contributed by atoms with van der Waals surface area (Å²) in [4.78, 5) is 0. The van der Waals surface area contributed by atoms with Crippen molar-refractivity contribution in [3.05, 3.63) is 11.9 Å². The van der Waals surface area contributed by atoms with Gasteiger partial charge in [0, 0.05) is 6.54 Å². The first-order valence-corrected chi connectivity index (χ1v) is 8.55. The summed E-state index contributed by atoms with van der Waals surface area (Å²) in [7, 11) is 3.76. The Kier molecular flexibility index (Phi) is 9.15. The first kappa shape index (κ1) is 18.0. The molecule has 0 bridgehead atoms. The monoisotopic (exact) mass is 295 g/mol. The molecule has 0 saturated heterocycles. The Morgan fingerprint density at radius 3 is 2.48 bits per heavy atom. The maximum atomic E-state index is 5.49. The molecule has 4 heteroatoms. The van der Waals surface area contributed by atoms with Gasteiger partial charge in [-0.25, -0.2) is 0 Å². The zero-order valence-corrected chi connectivity index (χ0v) is 14.3. The molecular weight excluding hydrogens is 262 g/mol. The average molecular weight is 295 g/mol. The van der Waals surface area contributed by atoms with Crippen LogP contribution in [-0.2, 0) is 6.54 Å². The molecule has 0 saturated carbocycles. The maximum Gasteiger partial charge on any atom is 0.161 e. The van der Waals surface area contributed by atoms with Gasteiger partial charge in [-0.05, 0) is 19.9 Å². The highest BCUT2D eigenvalue weighted by molar-refractivity contribution is 5.28. The molecular formula is C17H33N3O. The number of aryl methyl sites for hydroxylation is 1. The molecule has 1 atom stereocenters. The molecule has 1 heterocycles. The summed E-state index contributed by atoms with van der Waals surface area (Å²) in [5.41, 5.74) is 1.20. The SMILES string of the molecule is CCCCCCCCC(NC)c1c(OC)cnn1CCC. The number of nitrogens with one attached hydrogen (secondary N) is 1. The molecule has 1 rings (SSSR count). The Bertz CT molecular complexity index is 376. The van der Waals surface area contributed by atoms with Gasteiger partial charge in [0.25, 0.3) is 0 Å². The van der Waals surface area contributed by atoms with Crippen LogP contribution in [0.4, 0.5) is 0 Å². The average Bonchev–Trinajstić information content (AvgIpc) is 2.90. The van der Waals surface area contributed by atoms with Gasteiger partial charge in [-0.15, -0.1) is 0 Å². The van der Waals surface area contributed by atoms with Gasteiger partial charge >= 0.3 is 0 Å². The first-order valence-electron chi connectivity index (χ1n) is 8.55. The minimum absolute atomic E-state index is 0.333. The Hall–Kier alpha value is -1.03. The van der Waals surface area contributed by atoms with Crippen molar-refractivity contribution in [2.75, 3.05) is 14.2 Å². The van der Waals surface area contributed by atoms with E-state index in [1.54, 1.807) is 7.11 Å². The highest BCUT2D eigenvalue weighted by atomic mass is 16.5. The quantitative estimate of drug-likeness (QED) is 0.584. The van der Waals surface area contributed by atoms with Gasteiger partial charge in [-0.3, -0.25) is 4.68 Å². The molecule has 0 radical (unpaired) electrons. The van der Waals surface area contributed by atoms with Crippen molar-refractivity contribution < 1.29 is 4.74 Å². The molecule has 1 aromatic heterocycles. The van der Waals surface area contributed by atoms with E-state index in [-0.39, 0.29) is 0 Å². The predicted molar refractivity (Wildman–Crippen MR) is 88.9 cm³/mol. The predicted octanol–water partition coefficient (Wildman–Crippen LogP) is 4.31. The van der Waals surface area contributed by atoms with E-state index < -0.39 is 0 Å². The second-order valence-electron chi connectivity index (χ2n) is 5.72. The minimum Gasteiger partial charge on any atom is -0.493 e. The minimum atomic E-state index is 0.333. The highest BCUT2D eigenvalue weighted by Crippen LogP contribution is 2.28. The van der Waals surface area contributed by atoms with E-state index in [9.17, 15) is 0 Å². The Labute approximate surface area is 130 Å². The lowest BCUT2D eigenvalue weighted by Gasteiger charge is -2.19. The van der Waals surface area contributed by atoms with Crippen LogP contribution in [0.3, 0.4) is 0 Å². The Morgan fingerprint density at radius 2 is 1.86 bits per heavy atom. The van der Waals surface area contributed by atoms with Crippen LogP contribution < -0.4 is 10.1 Å².